The SMILES string of the molecule is Cn1ncc2c(=O)[nH]c(NC3CCC(n4ncccc4=O)CC3)nc21. The normalized spacial score (nSPS) is 20.7. The van der Waals surface area contributed by atoms with E-state index in [0.29, 0.717) is 17.0 Å². The average Bonchev–Trinajstić information content (AvgIpc) is 2.98. The molecule has 0 atom stereocenters. The summed E-state index contributed by atoms with van der Waals surface area (Å²) < 4.78 is 3.15. The van der Waals surface area contributed by atoms with Crippen LogP contribution in [0.25, 0.3) is 11.0 Å². The zero-order valence-corrected chi connectivity index (χ0v) is 13.8. The molecule has 0 aromatic carbocycles. The van der Waals surface area contributed by atoms with Crippen molar-refractivity contribution in [1.29, 1.82) is 0 Å². The summed E-state index contributed by atoms with van der Waals surface area (Å²) in [6.45, 7) is 0. The van der Waals surface area contributed by atoms with Gasteiger partial charge in [0.05, 0.1) is 12.2 Å². The molecule has 0 amide bonds. The third-order valence-electron chi connectivity index (χ3n) is 4.73. The number of hydrogen-bond donors (Lipinski definition) is 2. The second kappa shape index (κ2) is 6.15. The Morgan fingerprint density at radius 1 is 1.20 bits per heavy atom. The van der Waals surface area contributed by atoms with Crippen molar-refractivity contribution in [3.8, 4) is 0 Å². The standard InChI is InChI=1S/C16H19N7O2/c1-22-14-12(9-18-22)15(25)21-16(20-14)19-10-4-6-11(7-5-10)23-13(24)3-2-8-17-23/h2-3,8-11H,4-7H2,1H3,(H2,19,20,21,25). The lowest BCUT2D eigenvalue weighted by molar-refractivity contribution is 0.303. The van der Waals surface area contributed by atoms with Crippen LogP contribution in [0.15, 0.2) is 34.1 Å². The summed E-state index contributed by atoms with van der Waals surface area (Å²) in [5.74, 6) is 0.458. The van der Waals surface area contributed by atoms with Crippen molar-refractivity contribution in [1.82, 2.24) is 29.5 Å². The van der Waals surface area contributed by atoms with Gasteiger partial charge in [0.2, 0.25) is 5.95 Å². The Hall–Kier alpha value is -2.97. The van der Waals surface area contributed by atoms with Gasteiger partial charge in [0.25, 0.3) is 11.1 Å². The molecule has 0 radical (unpaired) electrons. The van der Waals surface area contributed by atoms with E-state index < -0.39 is 0 Å². The summed E-state index contributed by atoms with van der Waals surface area (Å²) in [4.78, 5) is 31.2. The number of H-pyrrole nitrogens is 1. The van der Waals surface area contributed by atoms with Gasteiger partial charge in [-0.2, -0.15) is 15.2 Å². The van der Waals surface area contributed by atoms with E-state index >= 15 is 0 Å². The van der Waals surface area contributed by atoms with E-state index in [2.05, 4.69) is 25.5 Å². The highest BCUT2D eigenvalue weighted by Crippen LogP contribution is 2.28. The maximum atomic E-state index is 12.1. The lowest BCUT2D eigenvalue weighted by Gasteiger charge is -2.29. The molecule has 1 fully saturated rings. The van der Waals surface area contributed by atoms with Gasteiger partial charge < -0.3 is 5.32 Å². The smallest absolute Gasteiger partial charge is 0.266 e. The fourth-order valence-corrected chi connectivity index (χ4v) is 3.40. The molecule has 1 saturated carbocycles. The molecule has 0 aliphatic heterocycles. The molecule has 1 aliphatic carbocycles. The van der Waals surface area contributed by atoms with Gasteiger partial charge in [-0.15, -0.1) is 0 Å². The first-order chi connectivity index (χ1) is 12.1. The number of anilines is 1. The van der Waals surface area contributed by atoms with Crippen molar-refractivity contribution < 1.29 is 0 Å². The number of aryl methyl sites for hydroxylation is 1. The molecule has 1 aliphatic rings. The monoisotopic (exact) mass is 341 g/mol. The average molecular weight is 341 g/mol. The van der Waals surface area contributed by atoms with Crippen molar-refractivity contribution in [3.05, 3.63) is 45.2 Å². The summed E-state index contributed by atoms with van der Waals surface area (Å²) in [6.07, 6.45) is 6.62. The Balaban J connectivity index is 1.47. The van der Waals surface area contributed by atoms with Crippen LogP contribution in [0.1, 0.15) is 31.7 Å². The van der Waals surface area contributed by atoms with Crippen LogP contribution in [0.5, 0.6) is 0 Å². The van der Waals surface area contributed by atoms with Crippen LogP contribution in [-0.2, 0) is 7.05 Å². The number of fused-ring (bicyclic) bond motifs is 1. The van der Waals surface area contributed by atoms with E-state index in [1.807, 2.05) is 0 Å². The predicted molar refractivity (Wildman–Crippen MR) is 92.5 cm³/mol. The van der Waals surface area contributed by atoms with Crippen LogP contribution in [0.4, 0.5) is 5.95 Å². The largest absolute Gasteiger partial charge is 0.353 e. The Morgan fingerprint density at radius 2 is 2.00 bits per heavy atom. The lowest BCUT2D eigenvalue weighted by atomic mass is 9.91. The van der Waals surface area contributed by atoms with Crippen molar-refractivity contribution in [2.75, 3.05) is 5.32 Å². The third kappa shape index (κ3) is 2.92. The van der Waals surface area contributed by atoms with E-state index in [-0.39, 0.29) is 23.2 Å². The number of hydrogen-bond acceptors (Lipinski definition) is 6. The molecular weight excluding hydrogens is 322 g/mol. The van der Waals surface area contributed by atoms with Gasteiger partial charge >= 0.3 is 0 Å². The summed E-state index contributed by atoms with van der Waals surface area (Å²) in [5.41, 5.74) is 0.292. The van der Waals surface area contributed by atoms with Crippen molar-refractivity contribution >= 4 is 17.0 Å². The minimum absolute atomic E-state index is 0.0634. The fraction of sp³-hybridized carbons (Fsp3) is 0.438. The molecule has 2 N–H and O–H groups in total. The number of aromatic amines is 1. The molecule has 0 spiro atoms. The predicted octanol–water partition coefficient (Wildman–Crippen LogP) is 0.809. The molecule has 130 valence electrons. The first kappa shape index (κ1) is 15.6. The Labute approximate surface area is 142 Å². The van der Waals surface area contributed by atoms with Gasteiger partial charge in [0.15, 0.2) is 5.65 Å². The highest BCUT2D eigenvalue weighted by Gasteiger charge is 2.24. The van der Waals surface area contributed by atoms with Crippen molar-refractivity contribution in [2.45, 2.75) is 37.8 Å². The summed E-state index contributed by atoms with van der Waals surface area (Å²) in [7, 11) is 1.76. The molecule has 3 heterocycles. The van der Waals surface area contributed by atoms with Crippen LogP contribution >= 0.6 is 0 Å². The highest BCUT2D eigenvalue weighted by atomic mass is 16.1. The van der Waals surface area contributed by atoms with Gasteiger partial charge in [0.1, 0.15) is 5.39 Å². The van der Waals surface area contributed by atoms with Gasteiger partial charge in [-0.05, 0) is 31.7 Å². The van der Waals surface area contributed by atoms with Crippen molar-refractivity contribution in [2.24, 2.45) is 7.05 Å². The second-order valence-electron chi connectivity index (χ2n) is 6.38. The topological polar surface area (TPSA) is 110 Å². The minimum Gasteiger partial charge on any atom is -0.353 e. The molecule has 0 unspecified atom stereocenters. The maximum Gasteiger partial charge on any atom is 0.266 e. The van der Waals surface area contributed by atoms with Crippen LogP contribution < -0.4 is 16.4 Å². The van der Waals surface area contributed by atoms with Gasteiger partial charge in [-0.3, -0.25) is 19.3 Å². The minimum atomic E-state index is -0.200. The van der Waals surface area contributed by atoms with E-state index in [9.17, 15) is 9.59 Å². The zero-order valence-electron chi connectivity index (χ0n) is 13.8. The molecular formula is C16H19N7O2. The van der Waals surface area contributed by atoms with E-state index in [0.717, 1.165) is 25.7 Å². The lowest BCUT2D eigenvalue weighted by Crippen LogP contribution is -2.33. The number of nitrogens with one attached hydrogen (secondary N) is 2. The summed E-state index contributed by atoms with van der Waals surface area (Å²) in [5, 5.41) is 12.0. The molecule has 4 rings (SSSR count). The number of rotatable bonds is 3. The van der Waals surface area contributed by atoms with Crippen LogP contribution in [0.2, 0.25) is 0 Å². The van der Waals surface area contributed by atoms with Gasteiger partial charge in [-0.1, -0.05) is 0 Å². The summed E-state index contributed by atoms with van der Waals surface area (Å²) >= 11 is 0. The van der Waals surface area contributed by atoms with E-state index in [4.69, 9.17) is 0 Å². The van der Waals surface area contributed by atoms with Gasteiger partial charge in [0, 0.05) is 25.4 Å². The van der Waals surface area contributed by atoms with Gasteiger partial charge in [-0.25, -0.2) is 4.68 Å². The maximum absolute atomic E-state index is 12.1. The Bertz CT molecular complexity index is 1010. The third-order valence-corrected chi connectivity index (χ3v) is 4.73. The van der Waals surface area contributed by atoms with E-state index in [1.165, 1.54) is 12.3 Å². The molecule has 0 bridgehead atoms. The number of nitrogens with zero attached hydrogens (tertiary/aromatic N) is 5. The molecule has 25 heavy (non-hydrogen) atoms. The molecule has 3 aromatic heterocycles. The van der Waals surface area contributed by atoms with E-state index in [1.54, 1.807) is 28.7 Å². The van der Waals surface area contributed by atoms with Crippen LogP contribution in [0, 0.1) is 0 Å². The zero-order chi connectivity index (χ0) is 17.4. The number of aromatic nitrogens is 6. The fourth-order valence-electron chi connectivity index (χ4n) is 3.40. The quantitative estimate of drug-likeness (QED) is 0.729. The molecule has 0 saturated heterocycles. The molecule has 3 aromatic rings. The first-order valence-electron chi connectivity index (χ1n) is 8.34. The Kier molecular flexibility index (Phi) is 3.83. The van der Waals surface area contributed by atoms with Crippen LogP contribution in [0.3, 0.4) is 0 Å². The molecule has 9 nitrogen and oxygen atoms in total. The molecule has 9 heteroatoms. The highest BCUT2D eigenvalue weighted by molar-refractivity contribution is 5.74. The Morgan fingerprint density at radius 3 is 2.76 bits per heavy atom. The van der Waals surface area contributed by atoms with Crippen molar-refractivity contribution in [3.63, 3.8) is 0 Å². The summed E-state index contributed by atoms with van der Waals surface area (Å²) in [6, 6.07) is 3.51. The second-order valence-corrected chi connectivity index (χ2v) is 6.38. The van der Waals surface area contributed by atoms with Crippen LogP contribution in [-0.4, -0.2) is 35.6 Å². The first-order valence-corrected chi connectivity index (χ1v) is 8.34.